The van der Waals surface area contributed by atoms with Crippen molar-refractivity contribution in [1.82, 2.24) is 5.32 Å². The van der Waals surface area contributed by atoms with Gasteiger partial charge < -0.3 is 10.2 Å². The topological polar surface area (TPSA) is 69.7 Å². The predicted octanol–water partition coefficient (Wildman–Crippen LogP) is 3.08. The molecule has 1 N–H and O–H groups in total. The van der Waals surface area contributed by atoms with Gasteiger partial charge in [0, 0.05) is 30.9 Å². The molecule has 168 valence electrons. The molecule has 0 radical (unpaired) electrons. The maximum absolute atomic E-state index is 13.6. The molecule has 31 heavy (non-hydrogen) atoms. The first-order valence-electron chi connectivity index (χ1n) is 10.2. The first-order chi connectivity index (χ1) is 14.6. The van der Waals surface area contributed by atoms with Crippen molar-refractivity contribution in [3.8, 4) is 0 Å². The van der Waals surface area contributed by atoms with Crippen molar-refractivity contribution < 1.29 is 22.0 Å². The summed E-state index contributed by atoms with van der Waals surface area (Å²) in [7, 11) is -3.90. The summed E-state index contributed by atoms with van der Waals surface area (Å²) in [5, 5.41) is 2.75. The van der Waals surface area contributed by atoms with Gasteiger partial charge in [0.1, 0.15) is 6.04 Å². The van der Waals surface area contributed by atoms with Crippen LogP contribution in [-0.2, 0) is 21.2 Å². The third-order valence-electron chi connectivity index (χ3n) is 5.47. The van der Waals surface area contributed by atoms with Crippen LogP contribution >= 0.6 is 0 Å². The Hall–Kier alpha value is -2.68. The highest BCUT2D eigenvalue weighted by molar-refractivity contribution is 7.92. The monoisotopic (exact) mass is 451 g/mol. The molecule has 2 atom stereocenters. The number of halogens is 2. The summed E-state index contributed by atoms with van der Waals surface area (Å²) in [6.07, 6.45) is 2.59. The van der Waals surface area contributed by atoms with E-state index in [4.69, 9.17) is 0 Å². The highest BCUT2D eigenvalue weighted by atomic mass is 32.2. The van der Waals surface area contributed by atoms with E-state index in [1.54, 1.807) is 0 Å². The van der Waals surface area contributed by atoms with Crippen LogP contribution in [0.5, 0.6) is 0 Å². The van der Waals surface area contributed by atoms with Crippen LogP contribution in [0, 0.1) is 11.6 Å². The standard InChI is InChI=1S/C22H27F2N3O3S/c1-15-13-17-7-4-5-8-21(17)26(15)12-6-11-25-22(28)16(2)27(31(3,29)30)18-9-10-19(23)20(24)14-18/h4-5,7-10,14-16H,6,11-13H2,1-3H3,(H,25,28)/t15-,16+/m1/s1. The van der Waals surface area contributed by atoms with Gasteiger partial charge in [0.25, 0.3) is 0 Å². The Bertz CT molecular complexity index is 1060. The van der Waals surface area contributed by atoms with Gasteiger partial charge in [0.05, 0.1) is 11.9 Å². The fourth-order valence-corrected chi connectivity index (χ4v) is 5.18. The average Bonchev–Trinajstić information content (AvgIpc) is 3.02. The Labute approximate surface area is 181 Å². The summed E-state index contributed by atoms with van der Waals surface area (Å²) in [6, 6.07) is 10.2. The van der Waals surface area contributed by atoms with Crippen LogP contribution in [0.1, 0.15) is 25.8 Å². The second kappa shape index (κ2) is 9.21. The minimum Gasteiger partial charge on any atom is -0.368 e. The minimum absolute atomic E-state index is 0.105. The second-order valence-electron chi connectivity index (χ2n) is 7.85. The van der Waals surface area contributed by atoms with E-state index in [1.165, 1.54) is 18.2 Å². The number of anilines is 2. The van der Waals surface area contributed by atoms with Gasteiger partial charge in [0.2, 0.25) is 15.9 Å². The molecule has 0 aromatic heterocycles. The number of rotatable bonds is 8. The molecule has 0 aliphatic carbocycles. The molecule has 1 aliphatic rings. The number of para-hydroxylation sites is 1. The number of hydrogen-bond acceptors (Lipinski definition) is 4. The molecule has 3 rings (SSSR count). The van der Waals surface area contributed by atoms with Gasteiger partial charge >= 0.3 is 0 Å². The molecule has 0 spiro atoms. The van der Waals surface area contributed by atoms with Crippen molar-refractivity contribution >= 4 is 27.3 Å². The molecule has 9 heteroatoms. The highest BCUT2D eigenvalue weighted by Crippen LogP contribution is 2.31. The van der Waals surface area contributed by atoms with E-state index in [0.717, 1.165) is 41.7 Å². The lowest BCUT2D eigenvalue weighted by Gasteiger charge is -2.28. The van der Waals surface area contributed by atoms with Gasteiger partial charge in [-0.25, -0.2) is 17.2 Å². The molecule has 0 fully saturated rings. The second-order valence-corrected chi connectivity index (χ2v) is 9.71. The first-order valence-corrected chi connectivity index (χ1v) is 12.0. The minimum atomic E-state index is -3.90. The molecule has 2 aromatic rings. The van der Waals surface area contributed by atoms with E-state index in [9.17, 15) is 22.0 Å². The number of nitrogens with one attached hydrogen (secondary N) is 1. The Morgan fingerprint density at radius 2 is 1.94 bits per heavy atom. The number of carbonyl (C=O) groups is 1. The molecule has 1 heterocycles. The van der Waals surface area contributed by atoms with Crippen molar-refractivity contribution in [3.63, 3.8) is 0 Å². The zero-order chi connectivity index (χ0) is 22.8. The molecule has 0 saturated carbocycles. The summed E-state index contributed by atoms with van der Waals surface area (Å²) in [4.78, 5) is 14.9. The van der Waals surface area contributed by atoms with Crippen molar-refractivity contribution in [2.45, 2.75) is 38.8 Å². The number of fused-ring (bicyclic) bond motifs is 1. The molecule has 0 saturated heterocycles. The third-order valence-corrected chi connectivity index (χ3v) is 6.71. The molecular weight excluding hydrogens is 424 g/mol. The zero-order valence-electron chi connectivity index (χ0n) is 17.8. The summed E-state index contributed by atoms with van der Waals surface area (Å²) >= 11 is 0. The first kappa shape index (κ1) is 23.0. The van der Waals surface area contributed by atoms with Gasteiger partial charge in [-0.15, -0.1) is 0 Å². The number of sulfonamides is 1. The number of carbonyl (C=O) groups excluding carboxylic acids is 1. The summed E-state index contributed by atoms with van der Waals surface area (Å²) in [6.45, 7) is 4.69. The average molecular weight is 452 g/mol. The predicted molar refractivity (Wildman–Crippen MR) is 118 cm³/mol. The lowest BCUT2D eigenvalue weighted by Crippen LogP contribution is -2.48. The Morgan fingerprint density at radius 3 is 2.61 bits per heavy atom. The van der Waals surface area contributed by atoms with Crippen LogP contribution in [0.4, 0.5) is 20.2 Å². The zero-order valence-corrected chi connectivity index (χ0v) is 18.6. The van der Waals surface area contributed by atoms with Gasteiger partial charge in [-0.2, -0.15) is 0 Å². The molecular formula is C22H27F2N3O3S. The Morgan fingerprint density at radius 1 is 1.23 bits per heavy atom. The van der Waals surface area contributed by atoms with E-state index >= 15 is 0 Å². The fraction of sp³-hybridized carbons (Fsp3) is 0.409. The fourth-order valence-electron chi connectivity index (χ4n) is 4.01. The maximum Gasteiger partial charge on any atom is 0.243 e. The quantitative estimate of drug-likeness (QED) is 0.627. The van der Waals surface area contributed by atoms with E-state index in [2.05, 4.69) is 29.3 Å². The number of nitrogens with zero attached hydrogens (tertiary/aromatic N) is 2. The van der Waals surface area contributed by atoms with Crippen molar-refractivity contribution in [3.05, 3.63) is 59.7 Å². The molecule has 2 aromatic carbocycles. The van der Waals surface area contributed by atoms with Gasteiger partial charge in [-0.1, -0.05) is 18.2 Å². The summed E-state index contributed by atoms with van der Waals surface area (Å²) in [5.41, 5.74) is 2.41. The lowest BCUT2D eigenvalue weighted by atomic mass is 10.1. The molecule has 0 unspecified atom stereocenters. The van der Waals surface area contributed by atoms with Crippen LogP contribution in [0.15, 0.2) is 42.5 Å². The molecule has 0 bridgehead atoms. The molecule has 6 nitrogen and oxygen atoms in total. The summed E-state index contributed by atoms with van der Waals surface area (Å²) in [5.74, 6) is -2.78. The largest absolute Gasteiger partial charge is 0.368 e. The third kappa shape index (κ3) is 5.15. The van der Waals surface area contributed by atoms with Gasteiger partial charge in [-0.05, 0) is 50.5 Å². The van der Waals surface area contributed by atoms with Crippen LogP contribution in [0.2, 0.25) is 0 Å². The normalized spacial score (nSPS) is 16.7. The van der Waals surface area contributed by atoms with Crippen LogP contribution in [0.25, 0.3) is 0 Å². The number of hydrogen-bond donors (Lipinski definition) is 1. The molecule has 1 aliphatic heterocycles. The lowest BCUT2D eigenvalue weighted by molar-refractivity contribution is -0.121. The van der Waals surface area contributed by atoms with Gasteiger partial charge in [-0.3, -0.25) is 9.10 Å². The SMILES string of the molecule is C[C@@H]1Cc2ccccc2N1CCCNC(=O)[C@H](C)N(c1ccc(F)c(F)c1)S(C)(=O)=O. The van der Waals surface area contributed by atoms with Crippen LogP contribution < -0.4 is 14.5 Å². The van der Waals surface area contributed by atoms with E-state index in [-0.39, 0.29) is 5.69 Å². The van der Waals surface area contributed by atoms with Crippen LogP contribution in [0.3, 0.4) is 0 Å². The number of benzene rings is 2. The van der Waals surface area contributed by atoms with Crippen molar-refractivity contribution in [1.29, 1.82) is 0 Å². The summed E-state index contributed by atoms with van der Waals surface area (Å²) < 4.78 is 52.2. The number of amides is 1. The van der Waals surface area contributed by atoms with Gasteiger partial charge in [0.15, 0.2) is 11.6 Å². The van der Waals surface area contributed by atoms with E-state index in [0.29, 0.717) is 19.0 Å². The van der Waals surface area contributed by atoms with E-state index < -0.39 is 33.6 Å². The smallest absolute Gasteiger partial charge is 0.243 e. The Balaban J connectivity index is 1.60. The van der Waals surface area contributed by atoms with Crippen molar-refractivity contribution in [2.75, 3.05) is 28.6 Å². The maximum atomic E-state index is 13.6. The van der Waals surface area contributed by atoms with Crippen LogP contribution in [-0.4, -0.2) is 45.8 Å². The Kier molecular flexibility index (Phi) is 6.83. The highest BCUT2D eigenvalue weighted by Gasteiger charge is 2.30. The van der Waals surface area contributed by atoms with Crippen molar-refractivity contribution in [2.24, 2.45) is 0 Å². The molecule has 1 amide bonds. The van der Waals surface area contributed by atoms with E-state index in [1.807, 2.05) is 12.1 Å².